The summed E-state index contributed by atoms with van der Waals surface area (Å²) in [5, 5.41) is 12.0. The van der Waals surface area contributed by atoms with Gasteiger partial charge in [0.05, 0.1) is 11.6 Å². The second-order valence-corrected chi connectivity index (χ2v) is 8.27. The maximum Gasteiger partial charge on any atom is 0.224 e. The number of anilines is 1. The first-order chi connectivity index (χ1) is 13.8. The van der Waals surface area contributed by atoms with Gasteiger partial charge in [0.1, 0.15) is 0 Å². The molecule has 3 heteroatoms. The fourth-order valence-corrected chi connectivity index (χ4v) is 3.17. The minimum Gasteiger partial charge on any atom is -0.326 e. The van der Waals surface area contributed by atoms with Crippen molar-refractivity contribution in [3.8, 4) is 17.2 Å². The second kappa shape index (κ2) is 8.75. The number of rotatable bonds is 5. The van der Waals surface area contributed by atoms with E-state index in [0.29, 0.717) is 12.0 Å². The predicted molar refractivity (Wildman–Crippen MR) is 119 cm³/mol. The molecule has 0 aliphatic carbocycles. The molecule has 0 aliphatic heterocycles. The van der Waals surface area contributed by atoms with Crippen LogP contribution in [-0.4, -0.2) is 5.91 Å². The topological polar surface area (TPSA) is 52.9 Å². The van der Waals surface area contributed by atoms with Gasteiger partial charge in [-0.1, -0.05) is 69.3 Å². The summed E-state index contributed by atoms with van der Waals surface area (Å²) in [6.45, 7) is 6.59. The van der Waals surface area contributed by atoms with Crippen LogP contribution in [0.15, 0.2) is 72.8 Å². The van der Waals surface area contributed by atoms with Gasteiger partial charge in [0, 0.05) is 12.1 Å². The molecule has 3 aromatic rings. The lowest BCUT2D eigenvalue weighted by Crippen LogP contribution is -2.13. The molecule has 0 atom stereocenters. The third-order valence-electron chi connectivity index (χ3n) is 4.95. The Hall–Kier alpha value is -3.38. The van der Waals surface area contributed by atoms with Crippen LogP contribution in [-0.2, 0) is 16.6 Å². The number of aryl methyl sites for hydroxylation is 1. The third-order valence-corrected chi connectivity index (χ3v) is 4.95. The molecule has 1 N–H and O–H groups in total. The number of hydrogen-bond acceptors (Lipinski definition) is 2. The lowest BCUT2D eigenvalue weighted by molar-refractivity contribution is -0.116. The average molecular weight is 383 g/mol. The molecule has 3 nitrogen and oxygen atoms in total. The first kappa shape index (κ1) is 20.4. The van der Waals surface area contributed by atoms with E-state index in [0.717, 1.165) is 23.2 Å². The van der Waals surface area contributed by atoms with Gasteiger partial charge < -0.3 is 5.32 Å². The Kier molecular flexibility index (Phi) is 6.14. The molecule has 3 aromatic carbocycles. The van der Waals surface area contributed by atoms with E-state index in [2.05, 4.69) is 56.4 Å². The molecular weight excluding hydrogens is 356 g/mol. The highest BCUT2D eigenvalue weighted by Crippen LogP contribution is 2.24. The van der Waals surface area contributed by atoms with Crippen LogP contribution in [0.4, 0.5) is 5.69 Å². The lowest BCUT2D eigenvalue weighted by Gasteiger charge is -2.19. The fraction of sp³-hybridized carbons (Fsp3) is 0.231. The summed E-state index contributed by atoms with van der Waals surface area (Å²) in [5.41, 5.74) is 6.01. The van der Waals surface area contributed by atoms with Crippen LogP contribution < -0.4 is 5.32 Å². The van der Waals surface area contributed by atoms with Crippen molar-refractivity contribution in [2.45, 2.75) is 39.0 Å². The number of nitrogens with one attached hydrogen (secondary N) is 1. The molecule has 0 fully saturated rings. The van der Waals surface area contributed by atoms with E-state index in [-0.39, 0.29) is 11.3 Å². The fourth-order valence-electron chi connectivity index (χ4n) is 3.17. The van der Waals surface area contributed by atoms with Gasteiger partial charge in [-0.2, -0.15) is 5.26 Å². The molecule has 0 aromatic heterocycles. The highest BCUT2D eigenvalue weighted by atomic mass is 16.1. The molecular formula is C26H26N2O. The van der Waals surface area contributed by atoms with Crippen molar-refractivity contribution in [3.05, 3.63) is 89.5 Å². The average Bonchev–Trinajstić information content (AvgIpc) is 2.72. The zero-order valence-electron chi connectivity index (χ0n) is 17.2. The van der Waals surface area contributed by atoms with Crippen LogP contribution in [0.5, 0.6) is 0 Å². The Bertz CT molecular complexity index is 1020. The van der Waals surface area contributed by atoms with E-state index in [9.17, 15) is 4.79 Å². The quantitative estimate of drug-likeness (QED) is 0.580. The van der Waals surface area contributed by atoms with Crippen molar-refractivity contribution < 1.29 is 4.79 Å². The normalized spacial score (nSPS) is 11.0. The highest BCUT2D eigenvalue weighted by molar-refractivity contribution is 5.91. The molecule has 29 heavy (non-hydrogen) atoms. The molecule has 3 rings (SSSR count). The lowest BCUT2D eigenvalue weighted by atomic mass is 9.86. The van der Waals surface area contributed by atoms with Crippen molar-refractivity contribution in [3.63, 3.8) is 0 Å². The van der Waals surface area contributed by atoms with Crippen LogP contribution in [0, 0.1) is 11.3 Å². The van der Waals surface area contributed by atoms with Gasteiger partial charge in [-0.3, -0.25) is 4.79 Å². The summed E-state index contributed by atoms with van der Waals surface area (Å²) in [5.74, 6) is 0.00382. The number of amides is 1. The van der Waals surface area contributed by atoms with Crippen LogP contribution in [0.2, 0.25) is 0 Å². The molecule has 0 aliphatic rings. The number of benzene rings is 3. The van der Waals surface area contributed by atoms with Crippen LogP contribution in [0.25, 0.3) is 11.1 Å². The molecule has 0 bridgehead atoms. The van der Waals surface area contributed by atoms with E-state index in [1.54, 1.807) is 6.07 Å². The summed E-state index contributed by atoms with van der Waals surface area (Å²) < 4.78 is 0. The van der Waals surface area contributed by atoms with Crippen molar-refractivity contribution in [1.82, 2.24) is 0 Å². The van der Waals surface area contributed by atoms with E-state index >= 15 is 0 Å². The zero-order valence-corrected chi connectivity index (χ0v) is 17.2. The minimum atomic E-state index is 0.00382. The Morgan fingerprint density at radius 2 is 1.62 bits per heavy atom. The van der Waals surface area contributed by atoms with Crippen LogP contribution in [0.3, 0.4) is 0 Å². The monoisotopic (exact) mass is 382 g/mol. The molecule has 0 spiro atoms. The Morgan fingerprint density at radius 1 is 0.931 bits per heavy atom. The van der Waals surface area contributed by atoms with Crippen LogP contribution >= 0.6 is 0 Å². The van der Waals surface area contributed by atoms with Gasteiger partial charge in [0.25, 0.3) is 0 Å². The summed E-state index contributed by atoms with van der Waals surface area (Å²) >= 11 is 0. The van der Waals surface area contributed by atoms with Gasteiger partial charge >= 0.3 is 0 Å². The van der Waals surface area contributed by atoms with Crippen LogP contribution in [0.1, 0.15) is 43.9 Å². The predicted octanol–water partition coefficient (Wildman–Crippen LogP) is 6.09. The van der Waals surface area contributed by atoms with Gasteiger partial charge in [0.2, 0.25) is 5.91 Å². The number of nitriles is 1. The van der Waals surface area contributed by atoms with E-state index in [1.807, 2.05) is 42.5 Å². The van der Waals surface area contributed by atoms with Crippen molar-refractivity contribution in [2.75, 3.05) is 5.32 Å². The maximum atomic E-state index is 12.3. The van der Waals surface area contributed by atoms with Gasteiger partial charge in [0.15, 0.2) is 0 Å². The third kappa shape index (κ3) is 5.56. The highest BCUT2D eigenvalue weighted by Gasteiger charge is 2.13. The number of hydrogen-bond donors (Lipinski definition) is 1. The number of carbonyl (C=O) groups is 1. The second-order valence-electron chi connectivity index (χ2n) is 8.27. The van der Waals surface area contributed by atoms with E-state index in [4.69, 9.17) is 5.26 Å². The Labute approximate surface area is 173 Å². The first-order valence-electron chi connectivity index (χ1n) is 9.85. The number of carbonyl (C=O) groups excluding carboxylic acids is 1. The standard InChI is InChI=1S/C26H26N2O/c1-26(2,3)23-12-7-19(8-13-23)9-16-25(29)28-24-14-10-21(11-15-24)22-6-4-5-20(17-22)18-27/h4-8,10-15,17H,9,16H2,1-3H3,(H,28,29). The van der Waals surface area contributed by atoms with Gasteiger partial charge in [-0.15, -0.1) is 0 Å². The minimum absolute atomic E-state index is 0.00382. The Morgan fingerprint density at radius 3 is 2.24 bits per heavy atom. The molecule has 0 heterocycles. The van der Waals surface area contributed by atoms with E-state index in [1.165, 1.54) is 11.1 Å². The molecule has 0 saturated heterocycles. The molecule has 0 radical (unpaired) electrons. The Balaban J connectivity index is 1.56. The maximum absolute atomic E-state index is 12.3. The smallest absolute Gasteiger partial charge is 0.224 e. The summed E-state index contributed by atoms with van der Waals surface area (Å²) in [7, 11) is 0. The molecule has 0 saturated carbocycles. The SMILES string of the molecule is CC(C)(C)c1ccc(CCC(=O)Nc2ccc(-c3cccc(C#N)c3)cc2)cc1. The summed E-state index contributed by atoms with van der Waals surface area (Å²) in [4.78, 5) is 12.3. The van der Waals surface area contributed by atoms with Crippen molar-refractivity contribution >= 4 is 11.6 Å². The molecule has 0 unspecified atom stereocenters. The summed E-state index contributed by atoms with van der Waals surface area (Å²) in [6.07, 6.45) is 1.16. The van der Waals surface area contributed by atoms with Crippen molar-refractivity contribution in [1.29, 1.82) is 5.26 Å². The number of nitrogens with zero attached hydrogens (tertiary/aromatic N) is 1. The summed E-state index contributed by atoms with van der Waals surface area (Å²) in [6, 6.07) is 25.9. The molecule has 1 amide bonds. The van der Waals surface area contributed by atoms with Crippen molar-refractivity contribution in [2.24, 2.45) is 0 Å². The van der Waals surface area contributed by atoms with Gasteiger partial charge in [-0.05, 0) is 58.4 Å². The van der Waals surface area contributed by atoms with E-state index < -0.39 is 0 Å². The molecule has 146 valence electrons. The van der Waals surface area contributed by atoms with Gasteiger partial charge in [-0.25, -0.2) is 0 Å². The zero-order chi connectivity index (χ0) is 20.9. The largest absolute Gasteiger partial charge is 0.326 e. The first-order valence-corrected chi connectivity index (χ1v) is 9.85.